The summed E-state index contributed by atoms with van der Waals surface area (Å²) in [4.78, 5) is 21.2. The highest BCUT2D eigenvalue weighted by Gasteiger charge is 2.30. The zero-order valence-electron chi connectivity index (χ0n) is 8.17. The van der Waals surface area contributed by atoms with Crippen LogP contribution in [0.2, 0.25) is 0 Å². The van der Waals surface area contributed by atoms with Crippen LogP contribution in [0.25, 0.3) is 0 Å². The van der Waals surface area contributed by atoms with Crippen LogP contribution < -0.4 is 0 Å². The molecule has 5 nitrogen and oxygen atoms in total. The van der Waals surface area contributed by atoms with Crippen LogP contribution in [0.4, 0.5) is 0 Å². The first-order valence-electron chi connectivity index (χ1n) is 4.93. The predicted molar refractivity (Wildman–Crippen MR) is 51.6 cm³/mol. The third-order valence-electron chi connectivity index (χ3n) is 2.89. The van der Waals surface area contributed by atoms with Gasteiger partial charge in [0, 0.05) is 6.20 Å². The standard InChI is InChI=1S/C10H12N2O3/c13-6-7-4-11-12(5-7)9-2-1-8(3-9)10(14)15/h4-6,8-9H,1-3H2,(H,14,15). The van der Waals surface area contributed by atoms with Crippen LogP contribution in [0.5, 0.6) is 0 Å². The van der Waals surface area contributed by atoms with Crippen molar-refractivity contribution in [2.45, 2.75) is 25.3 Å². The number of rotatable bonds is 3. The number of carboxylic acid groups (broad SMARTS) is 1. The number of carboxylic acids is 1. The van der Waals surface area contributed by atoms with Gasteiger partial charge in [0.1, 0.15) is 0 Å². The third-order valence-corrected chi connectivity index (χ3v) is 2.89. The van der Waals surface area contributed by atoms with Gasteiger partial charge in [0.2, 0.25) is 0 Å². The molecule has 1 aromatic heterocycles. The van der Waals surface area contributed by atoms with E-state index in [9.17, 15) is 9.59 Å². The Hall–Kier alpha value is -1.65. The lowest BCUT2D eigenvalue weighted by molar-refractivity contribution is -0.141. The van der Waals surface area contributed by atoms with Gasteiger partial charge >= 0.3 is 5.97 Å². The summed E-state index contributed by atoms with van der Waals surface area (Å²) < 4.78 is 1.70. The van der Waals surface area contributed by atoms with Crippen molar-refractivity contribution >= 4 is 12.3 Å². The van der Waals surface area contributed by atoms with E-state index in [1.165, 1.54) is 6.20 Å². The Labute approximate surface area is 86.7 Å². The SMILES string of the molecule is O=Cc1cnn(C2CCC(C(=O)O)C2)c1. The summed E-state index contributed by atoms with van der Waals surface area (Å²) in [5.74, 6) is -1.00. The molecule has 0 aliphatic heterocycles. The van der Waals surface area contributed by atoms with Crippen LogP contribution >= 0.6 is 0 Å². The number of carbonyl (C=O) groups is 2. The molecule has 2 atom stereocenters. The minimum Gasteiger partial charge on any atom is -0.481 e. The molecule has 0 bridgehead atoms. The number of aldehydes is 1. The van der Waals surface area contributed by atoms with E-state index < -0.39 is 5.97 Å². The summed E-state index contributed by atoms with van der Waals surface area (Å²) in [6.07, 6.45) is 6.03. The van der Waals surface area contributed by atoms with Gasteiger partial charge in [0.15, 0.2) is 6.29 Å². The molecule has 0 aromatic carbocycles. The summed E-state index contributed by atoms with van der Waals surface area (Å²) >= 11 is 0. The molecular formula is C10H12N2O3. The first kappa shape index (κ1) is 9.89. The van der Waals surface area contributed by atoms with Crippen molar-refractivity contribution in [2.75, 3.05) is 0 Å². The molecule has 1 aliphatic carbocycles. The number of carbonyl (C=O) groups excluding carboxylic acids is 1. The minimum absolute atomic E-state index is 0.125. The Balaban J connectivity index is 2.07. The molecule has 5 heteroatoms. The predicted octanol–water partition coefficient (Wildman–Crippen LogP) is 1.12. The summed E-state index contributed by atoms with van der Waals surface area (Å²) in [6, 6.07) is 0.125. The van der Waals surface area contributed by atoms with Crippen LogP contribution in [0, 0.1) is 5.92 Å². The summed E-state index contributed by atoms with van der Waals surface area (Å²) in [5, 5.41) is 12.9. The normalized spacial score (nSPS) is 25.3. The van der Waals surface area contributed by atoms with E-state index in [2.05, 4.69) is 5.10 Å². The van der Waals surface area contributed by atoms with Crippen molar-refractivity contribution < 1.29 is 14.7 Å². The largest absolute Gasteiger partial charge is 0.481 e. The molecule has 2 unspecified atom stereocenters. The van der Waals surface area contributed by atoms with Crippen molar-refractivity contribution in [1.82, 2.24) is 9.78 Å². The molecule has 1 aliphatic rings. The average molecular weight is 208 g/mol. The molecule has 0 saturated heterocycles. The average Bonchev–Trinajstić information content (AvgIpc) is 2.86. The second-order valence-corrected chi connectivity index (χ2v) is 3.87. The van der Waals surface area contributed by atoms with Crippen LogP contribution in [0.1, 0.15) is 35.7 Å². The zero-order chi connectivity index (χ0) is 10.8. The highest BCUT2D eigenvalue weighted by Crippen LogP contribution is 2.34. The molecule has 2 rings (SSSR count). The lowest BCUT2D eigenvalue weighted by Gasteiger charge is -2.09. The fourth-order valence-corrected chi connectivity index (χ4v) is 2.04. The van der Waals surface area contributed by atoms with Crippen molar-refractivity contribution in [3.05, 3.63) is 18.0 Å². The highest BCUT2D eigenvalue weighted by atomic mass is 16.4. The Morgan fingerprint density at radius 1 is 1.60 bits per heavy atom. The molecule has 15 heavy (non-hydrogen) atoms. The van der Waals surface area contributed by atoms with E-state index in [0.717, 1.165) is 12.7 Å². The van der Waals surface area contributed by atoms with Crippen LogP contribution in [0.3, 0.4) is 0 Å². The first-order chi connectivity index (χ1) is 7.20. The summed E-state index contributed by atoms with van der Waals surface area (Å²) in [6.45, 7) is 0. The highest BCUT2D eigenvalue weighted by molar-refractivity contribution is 5.73. The topological polar surface area (TPSA) is 72.2 Å². The number of aromatic nitrogens is 2. The van der Waals surface area contributed by atoms with E-state index in [0.29, 0.717) is 18.4 Å². The molecule has 1 fully saturated rings. The van der Waals surface area contributed by atoms with Gasteiger partial charge in [-0.2, -0.15) is 5.10 Å². The van der Waals surface area contributed by atoms with Crippen molar-refractivity contribution in [3.63, 3.8) is 0 Å². The van der Waals surface area contributed by atoms with E-state index in [1.807, 2.05) is 0 Å². The smallest absolute Gasteiger partial charge is 0.306 e. The van der Waals surface area contributed by atoms with E-state index in [1.54, 1.807) is 10.9 Å². The Morgan fingerprint density at radius 2 is 2.40 bits per heavy atom. The van der Waals surface area contributed by atoms with Gasteiger partial charge in [-0.25, -0.2) is 0 Å². The second-order valence-electron chi connectivity index (χ2n) is 3.87. The Kier molecular flexibility index (Phi) is 2.53. The molecule has 1 N–H and O–H groups in total. The van der Waals surface area contributed by atoms with Gasteiger partial charge in [-0.1, -0.05) is 0 Å². The van der Waals surface area contributed by atoms with Gasteiger partial charge in [-0.05, 0) is 19.3 Å². The molecule has 1 aromatic rings. The van der Waals surface area contributed by atoms with Gasteiger partial charge in [-0.3, -0.25) is 14.3 Å². The van der Waals surface area contributed by atoms with Crippen LogP contribution in [-0.4, -0.2) is 27.1 Å². The van der Waals surface area contributed by atoms with Gasteiger partial charge in [-0.15, -0.1) is 0 Å². The molecule has 1 heterocycles. The number of hydrogen-bond donors (Lipinski definition) is 1. The fraction of sp³-hybridized carbons (Fsp3) is 0.500. The lowest BCUT2D eigenvalue weighted by atomic mass is 10.1. The molecule has 80 valence electrons. The van der Waals surface area contributed by atoms with E-state index >= 15 is 0 Å². The molecular weight excluding hydrogens is 196 g/mol. The van der Waals surface area contributed by atoms with Gasteiger partial charge in [0.05, 0.1) is 23.7 Å². The lowest BCUT2D eigenvalue weighted by Crippen LogP contribution is -2.11. The minimum atomic E-state index is -0.736. The second kappa shape index (κ2) is 3.84. The monoisotopic (exact) mass is 208 g/mol. The van der Waals surface area contributed by atoms with Crippen molar-refractivity contribution in [1.29, 1.82) is 0 Å². The number of nitrogens with zero attached hydrogens (tertiary/aromatic N) is 2. The maximum atomic E-state index is 10.8. The number of hydrogen-bond acceptors (Lipinski definition) is 3. The quantitative estimate of drug-likeness (QED) is 0.755. The van der Waals surface area contributed by atoms with E-state index in [-0.39, 0.29) is 12.0 Å². The Morgan fingerprint density at radius 3 is 2.93 bits per heavy atom. The van der Waals surface area contributed by atoms with Crippen molar-refractivity contribution in [3.8, 4) is 0 Å². The Bertz CT molecular complexity index is 386. The zero-order valence-corrected chi connectivity index (χ0v) is 8.17. The van der Waals surface area contributed by atoms with Crippen molar-refractivity contribution in [2.24, 2.45) is 5.92 Å². The molecule has 1 saturated carbocycles. The molecule has 0 spiro atoms. The summed E-state index contributed by atoms with van der Waals surface area (Å²) in [7, 11) is 0. The molecule has 0 radical (unpaired) electrons. The fourth-order valence-electron chi connectivity index (χ4n) is 2.04. The molecule has 0 amide bonds. The van der Waals surface area contributed by atoms with Gasteiger partial charge in [0.25, 0.3) is 0 Å². The van der Waals surface area contributed by atoms with Gasteiger partial charge < -0.3 is 5.11 Å². The summed E-state index contributed by atoms with van der Waals surface area (Å²) in [5.41, 5.74) is 0.536. The van der Waals surface area contributed by atoms with E-state index in [4.69, 9.17) is 5.11 Å². The van der Waals surface area contributed by atoms with Crippen LogP contribution in [-0.2, 0) is 4.79 Å². The first-order valence-corrected chi connectivity index (χ1v) is 4.93. The van der Waals surface area contributed by atoms with Crippen LogP contribution in [0.15, 0.2) is 12.4 Å². The maximum absolute atomic E-state index is 10.8. The number of aliphatic carboxylic acids is 1. The maximum Gasteiger partial charge on any atom is 0.306 e. The third kappa shape index (κ3) is 1.91.